The van der Waals surface area contributed by atoms with E-state index in [2.05, 4.69) is 37.8 Å². The number of aromatic nitrogens is 3. The van der Waals surface area contributed by atoms with Gasteiger partial charge in [-0.2, -0.15) is 0 Å². The average Bonchev–Trinajstić information content (AvgIpc) is 3.40. The molecule has 0 spiro atoms. The van der Waals surface area contributed by atoms with Crippen molar-refractivity contribution in [3.8, 4) is 11.8 Å². The molecule has 0 aliphatic carbocycles. The van der Waals surface area contributed by atoms with E-state index in [1.807, 2.05) is 90.4 Å². The standard InChI is InChI=1S/C31H38N6O3S/c1-4-37-30(32-33-31(37)40-28-17-11-16-27(22-28)36-20-18-35(3)19-21-36)24(2)34-41(38,39)23-29(25-12-7-5-8-13-25)26-14-9-6-10-15-26/h5-17,22,24,29,34H,4,18-21,23H2,1-3H3/t24-/m1/s1. The molecule has 1 aliphatic heterocycles. The van der Waals surface area contributed by atoms with E-state index in [4.69, 9.17) is 4.74 Å². The Morgan fingerprint density at radius 1 is 0.878 bits per heavy atom. The van der Waals surface area contributed by atoms with E-state index in [0.717, 1.165) is 43.0 Å². The van der Waals surface area contributed by atoms with Crippen LogP contribution < -0.4 is 14.4 Å². The minimum absolute atomic E-state index is 0.0892. The van der Waals surface area contributed by atoms with Crippen LogP contribution in [0.3, 0.4) is 0 Å². The van der Waals surface area contributed by atoms with Crippen molar-refractivity contribution >= 4 is 15.7 Å². The Labute approximate surface area is 242 Å². The molecule has 4 aromatic rings. The number of nitrogens with one attached hydrogen (secondary N) is 1. The Kier molecular flexibility index (Phi) is 9.02. The molecule has 1 fully saturated rings. The lowest BCUT2D eigenvalue weighted by molar-refractivity contribution is 0.312. The molecule has 1 aromatic heterocycles. The molecule has 0 unspecified atom stereocenters. The second-order valence-electron chi connectivity index (χ2n) is 10.5. The van der Waals surface area contributed by atoms with Crippen LogP contribution >= 0.6 is 0 Å². The fraction of sp³-hybridized carbons (Fsp3) is 0.355. The predicted octanol–water partition coefficient (Wildman–Crippen LogP) is 4.65. The van der Waals surface area contributed by atoms with E-state index in [-0.39, 0.29) is 11.7 Å². The lowest BCUT2D eigenvalue weighted by Gasteiger charge is -2.34. The van der Waals surface area contributed by atoms with Crippen molar-refractivity contribution in [2.75, 3.05) is 43.9 Å². The molecule has 3 aromatic carbocycles. The number of benzene rings is 3. The number of nitrogens with zero attached hydrogens (tertiary/aromatic N) is 5. The first-order chi connectivity index (χ1) is 19.8. The first kappa shape index (κ1) is 28.8. The number of anilines is 1. The summed E-state index contributed by atoms with van der Waals surface area (Å²) in [4.78, 5) is 4.67. The lowest BCUT2D eigenvalue weighted by Crippen LogP contribution is -2.44. The van der Waals surface area contributed by atoms with Gasteiger partial charge in [0.2, 0.25) is 10.0 Å². The molecule has 5 rings (SSSR count). The summed E-state index contributed by atoms with van der Waals surface area (Å²) in [6.07, 6.45) is 0. The number of likely N-dealkylation sites (N-methyl/N-ethyl adjacent to an activating group) is 1. The molecule has 216 valence electrons. The largest absolute Gasteiger partial charge is 0.424 e. The molecule has 0 radical (unpaired) electrons. The normalized spacial score (nSPS) is 15.3. The zero-order chi connectivity index (χ0) is 28.8. The van der Waals surface area contributed by atoms with Gasteiger partial charge in [-0.3, -0.25) is 4.57 Å². The molecule has 0 amide bonds. The third-order valence-electron chi connectivity index (χ3n) is 7.49. The topological polar surface area (TPSA) is 92.6 Å². The summed E-state index contributed by atoms with van der Waals surface area (Å²) in [5.41, 5.74) is 3.00. The highest BCUT2D eigenvalue weighted by molar-refractivity contribution is 7.89. The van der Waals surface area contributed by atoms with Crippen LogP contribution in [0, 0.1) is 0 Å². The smallest absolute Gasteiger partial charge is 0.322 e. The van der Waals surface area contributed by atoms with Crippen LogP contribution in [-0.4, -0.2) is 67.1 Å². The van der Waals surface area contributed by atoms with Crippen LogP contribution in [0.2, 0.25) is 0 Å². The summed E-state index contributed by atoms with van der Waals surface area (Å²) in [6, 6.07) is 27.1. The van der Waals surface area contributed by atoms with Crippen molar-refractivity contribution < 1.29 is 13.2 Å². The molecular weight excluding hydrogens is 536 g/mol. The molecule has 1 atom stereocenters. The van der Waals surface area contributed by atoms with Crippen LogP contribution in [0.5, 0.6) is 11.8 Å². The van der Waals surface area contributed by atoms with Crippen molar-refractivity contribution in [1.82, 2.24) is 24.4 Å². The molecule has 1 N–H and O–H groups in total. The van der Waals surface area contributed by atoms with Crippen LogP contribution in [0.15, 0.2) is 84.9 Å². The van der Waals surface area contributed by atoms with E-state index in [0.29, 0.717) is 24.1 Å². The number of piperazine rings is 1. The first-order valence-corrected chi connectivity index (χ1v) is 15.7. The number of rotatable bonds is 11. The fourth-order valence-corrected chi connectivity index (χ4v) is 6.82. The van der Waals surface area contributed by atoms with E-state index < -0.39 is 16.1 Å². The third kappa shape index (κ3) is 7.13. The molecule has 10 heteroatoms. The van der Waals surface area contributed by atoms with Crippen molar-refractivity contribution in [3.05, 3.63) is 102 Å². The number of hydrogen-bond acceptors (Lipinski definition) is 7. The summed E-state index contributed by atoms with van der Waals surface area (Å²) in [7, 11) is -1.57. The third-order valence-corrected chi connectivity index (χ3v) is 8.98. The fourth-order valence-electron chi connectivity index (χ4n) is 5.25. The zero-order valence-corrected chi connectivity index (χ0v) is 24.7. The lowest BCUT2D eigenvalue weighted by atomic mass is 9.93. The summed E-state index contributed by atoms with van der Waals surface area (Å²) in [5, 5.41) is 8.61. The maximum absolute atomic E-state index is 13.5. The highest BCUT2D eigenvalue weighted by Gasteiger charge is 2.27. The quantitative estimate of drug-likeness (QED) is 0.279. The maximum atomic E-state index is 13.5. The highest BCUT2D eigenvalue weighted by Crippen LogP contribution is 2.29. The molecule has 1 saturated heterocycles. The van der Waals surface area contributed by atoms with Gasteiger partial charge in [-0.15, -0.1) is 5.10 Å². The second kappa shape index (κ2) is 12.8. The van der Waals surface area contributed by atoms with E-state index in [9.17, 15) is 8.42 Å². The Balaban J connectivity index is 1.31. The van der Waals surface area contributed by atoms with Gasteiger partial charge < -0.3 is 14.5 Å². The molecule has 0 bridgehead atoms. The maximum Gasteiger partial charge on any atom is 0.322 e. The highest BCUT2D eigenvalue weighted by atomic mass is 32.2. The molecule has 0 saturated carbocycles. The summed E-state index contributed by atoms with van der Waals surface area (Å²) in [6.45, 7) is 8.23. The van der Waals surface area contributed by atoms with E-state index in [1.54, 1.807) is 6.92 Å². The Hall–Kier alpha value is -3.73. The van der Waals surface area contributed by atoms with Crippen LogP contribution in [-0.2, 0) is 16.6 Å². The van der Waals surface area contributed by atoms with Gasteiger partial charge in [-0.1, -0.05) is 71.8 Å². The van der Waals surface area contributed by atoms with Crippen LogP contribution in [0.4, 0.5) is 5.69 Å². The monoisotopic (exact) mass is 574 g/mol. The van der Waals surface area contributed by atoms with Gasteiger partial charge in [0, 0.05) is 50.4 Å². The van der Waals surface area contributed by atoms with Crippen molar-refractivity contribution in [1.29, 1.82) is 0 Å². The zero-order valence-electron chi connectivity index (χ0n) is 23.8. The van der Waals surface area contributed by atoms with E-state index >= 15 is 0 Å². The molecule has 1 aliphatic rings. The van der Waals surface area contributed by atoms with Crippen LogP contribution in [0.1, 0.15) is 42.8 Å². The van der Waals surface area contributed by atoms with E-state index in [1.165, 1.54) is 0 Å². The average molecular weight is 575 g/mol. The predicted molar refractivity (Wildman–Crippen MR) is 162 cm³/mol. The molecular formula is C31H38N6O3S. The second-order valence-corrected chi connectivity index (χ2v) is 12.3. The van der Waals surface area contributed by atoms with Crippen molar-refractivity contribution in [2.24, 2.45) is 0 Å². The number of ether oxygens (including phenoxy) is 1. The van der Waals surface area contributed by atoms with Crippen LogP contribution in [0.25, 0.3) is 0 Å². The minimum atomic E-state index is -3.70. The number of hydrogen-bond donors (Lipinski definition) is 1. The van der Waals surface area contributed by atoms with Gasteiger partial charge >= 0.3 is 6.01 Å². The Morgan fingerprint density at radius 2 is 1.51 bits per heavy atom. The SMILES string of the molecule is CCn1c(Oc2cccc(N3CCN(C)CC3)c2)nnc1[C@@H](C)NS(=O)(=O)CC(c1ccccc1)c1ccccc1. The van der Waals surface area contributed by atoms with Gasteiger partial charge in [0.1, 0.15) is 5.75 Å². The van der Waals surface area contributed by atoms with Crippen molar-refractivity contribution in [2.45, 2.75) is 32.4 Å². The van der Waals surface area contributed by atoms with Gasteiger partial charge in [0.05, 0.1) is 11.8 Å². The van der Waals surface area contributed by atoms with Gasteiger partial charge in [-0.05, 0) is 44.2 Å². The van der Waals surface area contributed by atoms with Gasteiger partial charge in [0.15, 0.2) is 5.82 Å². The van der Waals surface area contributed by atoms with Crippen molar-refractivity contribution in [3.63, 3.8) is 0 Å². The molecule has 9 nitrogen and oxygen atoms in total. The van der Waals surface area contributed by atoms with Gasteiger partial charge in [-0.25, -0.2) is 13.1 Å². The first-order valence-electron chi connectivity index (χ1n) is 14.1. The summed E-state index contributed by atoms with van der Waals surface area (Å²) >= 11 is 0. The minimum Gasteiger partial charge on any atom is -0.424 e. The molecule has 2 heterocycles. The van der Waals surface area contributed by atoms with Gasteiger partial charge in [0.25, 0.3) is 0 Å². The summed E-state index contributed by atoms with van der Waals surface area (Å²) in [5.74, 6) is 0.764. The number of sulfonamides is 1. The molecule has 41 heavy (non-hydrogen) atoms. The Bertz CT molecular complexity index is 1480. The summed E-state index contributed by atoms with van der Waals surface area (Å²) < 4.78 is 37.7. The Morgan fingerprint density at radius 3 is 2.12 bits per heavy atom.